The Morgan fingerprint density at radius 1 is 1.03 bits per heavy atom. The molecule has 0 atom stereocenters. The van der Waals surface area contributed by atoms with E-state index in [1.807, 2.05) is 80.2 Å². The highest BCUT2D eigenvalue weighted by Crippen LogP contribution is 2.35. The van der Waals surface area contributed by atoms with Gasteiger partial charge in [0.15, 0.2) is 5.17 Å². The van der Waals surface area contributed by atoms with Crippen LogP contribution in [0.2, 0.25) is 0 Å². The van der Waals surface area contributed by atoms with E-state index in [0.717, 1.165) is 64.9 Å². The molecule has 7 heteroatoms. The third kappa shape index (κ3) is 5.41. The van der Waals surface area contributed by atoms with Crippen molar-refractivity contribution in [3.63, 3.8) is 0 Å². The highest BCUT2D eigenvalue weighted by molar-refractivity contribution is 8.18. The number of carbonyl (C=O) groups excluding carboxylic acids is 1. The second-order valence-corrected chi connectivity index (χ2v) is 10.6. The highest BCUT2D eigenvalue weighted by atomic mass is 32.2. The Morgan fingerprint density at radius 3 is 2.47 bits per heavy atom. The normalized spacial score (nSPS) is 17.6. The lowest BCUT2D eigenvalue weighted by Gasteiger charge is -2.20. The van der Waals surface area contributed by atoms with E-state index in [0.29, 0.717) is 4.91 Å². The van der Waals surface area contributed by atoms with Gasteiger partial charge >= 0.3 is 0 Å². The monoisotopic (exact) mass is 500 g/mol. The minimum atomic E-state index is -0.172. The molecule has 2 aromatic carbocycles. The summed E-state index contributed by atoms with van der Waals surface area (Å²) in [6, 6.07) is 16.2. The standard InChI is InChI=1S/C29H32N4O2S/c1-20(2)35-25-14-13-22(17-21(25)3)27-23(19-33(31-27)24-11-7-6-8-12-24)18-26-28(34)30-29(36-26)32-15-9-4-5-10-16-32/h6-8,11-14,17-20H,4-5,9-10,15-16H2,1-3H3/b26-18-. The van der Waals surface area contributed by atoms with Crippen LogP contribution in [0.25, 0.3) is 23.0 Å². The van der Waals surface area contributed by atoms with Crippen LogP contribution >= 0.6 is 11.8 Å². The minimum absolute atomic E-state index is 0.107. The number of amides is 1. The Balaban J connectivity index is 1.50. The van der Waals surface area contributed by atoms with Crippen LogP contribution in [0.3, 0.4) is 0 Å². The number of aromatic nitrogens is 2. The zero-order valence-electron chi connectivity index (χ0n) is 21.1. The van der Waals surface area contributed by atoms with Crippen LogP contribution in [0.5, 0.6) is 5.75 Å². The number of aryl methyl sites for hydroxylation is 1. The Labute approximate surface area is 217 Å². The molecule has 1 aromatic heterocycles. The molecule has 0 N–H and O–H groups in total. The zero-order chi connectivity index (χ0) is 25.1. The molecule has 3 aromatic rings. The number of nitrogens with zero attached hydrogens (tertiary/aromatic N) is 4. The smallest absolute Gasteiger partial charge is 0.286 e. The summed E-state index contributed by atoms with van der Waals surface area (Å²) in [6.07, 6.45) is 8.82. The van der Waals surface area contributed by atoms with E-state index < -0.39 is 0 Å². The zero-order valence-corrected chi connectivity index (χ0v) is 21.9. The van der Waals surface area contributed by atoms with E-state index in [1.165, 1.54) is 24.6 Å². The first-order chi connectivity index (χ1) is 17.5. The molecular formula is C29H32N4O2S. The first kappa shape index (κ1) is 24.4. The van der Waals surface area contributed by atoms with Crippen molar-refractivity contribution in [3.05, 3.63) is 70.8 Å². The largest absolute Gasteiger partial charge is 0.491 e. The molecule has 186 valence electrons. The van der Waals surface area contributed by atoms with E-state index in [4.69, 9.17) is 9.84 Å². The maximum absolute atomic E-state index is 12.9. The fourth-order valence-corrected chi connectivity index (χ4v) is 5.51. The predicted molar refractivity (Wildman–Crippen MR) is 148 cm³/mol. The molecule has 0 radical (unpaired) electrons. The Bertz CT molecular complexity index is 1300. The average Bonchev–Trinajstić information content (AvgIpc) is 3.33. The molecule has 2 aliphatic rings. The average molecular weight is 501 g/mol. The van der Waals surface area contributed by atoms with Gasteiger partial charge in [-0.2, -0.15) is 10.1 Å². The van der Waals surface area contributed by atoms with Crippen molar-refractivity contribution in [2.24, 2.45) is 4.99 Å². The number of aliphatic imine (C=N–C) groups is 1. The number of thioether (sulfide) groups is 1. The number of rotatable bonds is 5. The van der Waals surface area contributed by atoms with Crippen molar-refractivity contribution in [1.29, 1.82) is 0 Å². The lowest BCUT2D eigenvalue weighted by Crippen LogP contribution is -2.28. The Hall–Kier alpha value is -3.32. The molecular weight excluding hydrogens is 468 g/mol. The molecule has 5 rings (SSSR count). The van der Waals surface area contributed by atoms with Gasteiger partial charge in [0.2, 0.25) is 0 Å². The molecule has 0 spiro atoms. The second kappa shape index (κ2) is 10.7. The topological polar surface area (TPSA) is 59.7 Å². The van der Waals surface area contributed by atoms with Crippen molar-refractivity contribution in [3.8, 4) is 22.7 Å². The van der Waals surface area contributed by atoms with Crippen LogP contribution in [-0.2, 0) is 4.79 Å². The number of hydrogen-bond acceptors (Lipinski definition) is 5. The van der Waals surface area contributed by atoms with Crippen molar-refractivity contribution >= 4 is 28.9 Å². The summed E-state index contributed by atoms with van der Waals surface area (Å²) in [6.45, 7) is 8.03. The van der Waals surface area contributed by atoms with Gasteiger partial charge in [0, 0.05) is 30.4 Å². The number of para-hydroxylation sites is 1. The molecule has 2 aliphatic heterocycles. The third-order valence-corrected chi connectivity index (χ3v) is 7.39. The maximum atomic E-state index is 12.9. The number of likely N-dealkylation sites (tertiary alicyclic amines) is 1. The molecule has 1 saturated heterocycles. The third-order valence-electron chi connectivity index (χ3n) is 6.35. The molecule has 0 aliphatic carbocycles. The second-order valence-electron chi connectivity index (χ2n) is 9.57. The summed E-state index contributed by atoms with van der Waals surface area (Å²) in [5, 5.41) is 5.76. The lowest BCUT2D eigenvalue weighted by atomic mass is 10.0. The SMILES string of the molecule is Cc1cc(-c2nn(-c3ccccc3)cc2/C=C2\SC(N3CCCCCC3)=NC2=O)ccc1OC(C)C. The van der Waals surface area contributed by atoms with Gasteiger partial charge in [-0.15, -0.1) is 0 Å². The van der Waals surface area contributed by atoms with E-state index >= 15 is 0 Å². The van der Waals surface area contributed by atoms with Gasteiger partial charge in [-0.1, -0.05) is 31.0 Å². The first-order valence-corrected chi connectivity index (χ1v) is 13.5. The van der Waals surface area contributed by atoms with Crippen LogP contribution in [0.4, 0.5) is 0 Å². The van der Waals surface area contributed by atoms with Crippen LogP contribution < -0.4 is 4.74 Å². The van der Waals surface area contributed by atoms with Gasteiger partial charge < -0.3 is 9.64 Å². The van der Waals surface area contributed by atoms with E-state index in [2.05, 4.69) is 16.0 Å². The molecule has 36 heavy (non-hydrogen) atoms. The van der Waals surface area contributed by atoms with Crippen molar-refractivity contribution in [2.75, 3.05) is 13.1 Å². The lowest BCUT2D eigenvalue weighted by molar-refractivity contribution is -0.113. The Morgan fingerprint density at radius 2 is 1.78 bits per heavy atom. The predicted octanol–water partition coefficient (Wildman–Crippen LogP) is 6.48. The maximum Gasteiger partial charge on any atom is 0.286 e. The van der Waals surface area contributed by atoms with Gasteiger partial charge in [0.25, 0.3) is 5.91 Å². The van der Waals surface area contributed by atoms with Gasteiger partial charge in [-0.05, 0) is 87.3 Å². The summed E-state index contributed by atoms with van der Waals surface area (Å²) in [5.74, 6) is 0.697. The number of ether oxygens (including phenoxy) is 1. The molecule has 1 amide bonds. The number of hydrogen-bond donors (Lipinski definition) is 0. The molecule has 0 unspecified atom stereocenters. The van der Waals surface area contributed by atoms with Crippen LogP contribution in [0.15, 0.2) is 64.6 Å². The molecule has 1 fully saturated rings. The number of amidine groups is 1. The first-order valence-electron chi connectivity index (χ1n) is 12.7. The Kier molecular flexibility index (Phi) is 7.28. The van der Waals surface area contributed by atoms with Crippen molar-refractivity contribution in [1.82, 2.24) is 14.7 Å². The van der Waals surface area contributed by atoms with Gasteiger partial charge in [0.05, 0.1) is 16.7 Å². The fraction of sp³-hybridized carbons (Fsp3) is 0.345. The number of carbonyl (C=O) groups is 1. The minimum Gasteiger partial charge on any atom is -0.491 e. The van der Waals surface area contributed by atoms with E-state index in [1.54, 1.807) is 0 Å². The van der Waals surface area contributed by atoms with Crippen molar-refractivity contribution in [2.45, 2.75) is 52.6 Å². The fourth-order valence-electron chi connectivity index (χ4n) is 4.55. The number of benzene rings is 2. The summed E-state index contributed by atoms with van der Waals surface area (Å²) in [7, 11) is 0. The van der Waals surface area contributed by atoms with Crippen LogP contribution in [0, 0.1) is 6.92 Å². The summed E-state index contributed by atoms with van der Waals surface area (Å²) < 4.78 is 7.81. The van der Waals surface area contributed by atoms with Gasteiger partial charge in [-0.25, -0.2) is 4.68 Å². The molecule has 6 nitrogen and oxygen atoms in total. The molecule has 3 heterocycles. The van der Waals surface area contributed by atoms with Crippen molar-refractivity contribution < 1.29 is 9.53 Å². The van der Waals surface area contributed by atoms with E-state index in [9.17, 15) is 4.79 Å². The molecule has 0 saturated carbocycles. The molecule has 0 bridgehead atoms. The van der Waals surface area contributed by atoms with Gasteiger partial charge in [-0.3, -0.25) is 4.79 Å². The summed E-state index contributed by atoms with van der Waals surface area (Å²) in [5.41, 5.74) is 4.70. The van der Waals surface area contributed by atoms with Gasteiger partial charge in [0.1, 0.15) is 11.4 Å². The quantitative estimate of drug-likeness (QED) is 0.375. The van der Waals surface area contributed by atoms with Crippen LogP contribution in [-0.4, -0.2) is 44.9 Å². The van der Waals surface area contributed by atoms with E-state index in [-0.39, 0.29) is 12.0 Å². The summed E-state index contributed by atoms with van der Waals surface area (Å²) in [4.78, 5) is 20.2. The highest BCUT2D eigenvalue weighted by Gasteiger charge is 2.27. The van der Waals surface area contributed by atoms with Crippen LogP contribution in [0.1, 0.15) is 50.7 Å². The summed E-state index contributed by atoms with van der Waals surface area (Å²) >= 11 is 1.48.